The summed E-state index contributed by atoms with van der Waals surface area (Å²) >= 11 is 0. The molecule has 0 N–H and O–H groups in total. The molecule has 1 fully saturated rings. The molecular formula is C15H21ClN2O. The summed E-state index contributed by atoms with van der Waals surface area (Å²) in [5.74, 6) is 0.707. The van der Waals surface area contributed by atoms with Crippen LogP contribution in [0.15, 0.2) is 24.3 Å². The van der Waals surface area contributed by atoms with E-state index in [0.717, 1.165) is 13.0 Å². The molecule has 3 nitrogen and oxygen atoms in total. The van der Waals surface area contributed by atoms with Crippen molar-refractivity contribution in [2.45, 2.75) is 25.7 Å². The van der Waals surface area contributed by atoms with Crippen LogP contribution in [-0.2, 0) is 0 Å². The van der Waals surface area contributed by atoms with Crippen LogP contribution in [0.5, 0.6) is 5.75 Å². The minimum atomic E-state index is 0. The number of rotatable bonds is 5. The molecule has 4 heteroatoms. The van der Waals surface area contributed by atoms with Gasteiger partial charge in [-0.3, -0.25) is 0 Å². The Morgan fingerprint density at radius 2 is 1.89 bits per heavy atom. The predicted molar refractivity (Wildman–Crippen MR) is 78.8 cm³/mol. The smallest absolute Gasteiger partial charge is 0.137 e. The van der Waals surface area contributed by atoms with E-state index < -0.39 is 0 Å². The molecule has 1 heterocycles. The molecule has 1 aromatic carbocycles. The normalized spacial score (nSPS) is 15.3. The van der Waals surface area contributed by atoms with E-state index in [4.69, 9.17) is 10.00 Å². The van der Waals surface area contributed by atoms with Gasteiger partial charge in [-0.2, -0.15) is 5.26 Å². The average molecular weight is 281 g/mol. The molecule has 0 aliphatic carbocycles. The summed E-state index contributed by atoms with van der Waals surface area (Å²) in [6.45, 7) is 4.26. The first-order valence-electron chi connectivity index (χ1n) is 6.74. The molecule has 0 bridgehead atoms. The number of hydrogen-bond donors (Lipinski definition) is 0. The molecule has 1 aliphatic heterocycles. The Labute approximate surface area is 121 Å². The van der Waals surface area contributed by atoms with Crippen LogP contribution in [-0.4, -0.2) is 31.1 Å². The fourth-order valence-electron chi connectivity index (χ4n) is 2.34. The van der Waals surface area contributed by atoms with Crippen molar-refractivity contribution in [3.8, 4) is 11.8 Å². The van der Waals surface area contributed by atoms with E-state index in [1.807, 2.05) is 18.2 Å². The predicted octanol–water partition coefficient (Wildman–Crippen LogP) is 3.23. The van der Waals surface area contributed by atoms with Gasteiger partial charge in [-0.15, -0.1) is 12.4 Å². The second-order valence-electron chi connectivity index (χ2n) is 4.71. The lowest BCUT2D eigenvalue weighted by molar-refractivity contribution is 0.205. The second-order valence-corrected chi connectivity index (χ2v) is 4.71. The molecule has 1 aromatic rings. The van der Waals surface area contributed by atoms with Crippen molar-refractivity contribution >= 4 is 12.4 Å². The largest absolute Gasteiger partial charge is 0.492 e. The molecule has 0 spiro atoms. The number of nitriles is 1. The van der Waals surface area contributed by atoms with Gasteiger partial charge in [0.05, 0.1) is 12.2 Å². The Morgan fingerprint density at radius 3 is 2.63 bits per heavy atom. The first-order chi connectivity index (χ1) is 8.90. The number of likely N-dealkylation sites (tertiary alicyclic amines) is 1. The Bertz CT molecular complexity index is 411. The molecular weight excluding hydrogens is 260 g/mol. The highest BCUT2D eigenvalue weighted by Crippen LogP contribution is 2.16. The first-order valence-corrected chi connectivity index (χ1v) is 6.74. The van der Waals surface area contributed by atoms with Crippen molar-refractivity contribution < 1.29 is 4.74 Å². The van der Waals surface area contributed by atoms with Crippen molar-refractivity contribution in [2.75, 3.05) is 26.2 Å². The van der Waals surface area contributed by atoms with Gasteiger partial charge < -0.3 is 9.64 Å². The average Bonchev–Trinajstić information content (AvgIpc) is 2.45. The number of benzene rings is 1. The number of piperidine rings is 1. The van der Waals surface area contributed by atoms with Gasteiger partial charge >= 0.3 is 0 Å². The zero-order valence-electron chi connectivity index (χ0n) is 11.2. The van der Waals surface area contributed by atoms with Crippen LogP contribution in [0.1, 0.15) is 31.2 Å². The lowest BCUT2D eigenvalue weighted by Crippen LogP contribution is -2.31. The molecule has 1 saturated heterocycles. The summed E-state index contributed by atoms with van der Waals surface area (Å²) in [6, 6.07) is 9.57. The summed E-state index contributed by atoms with van der Waals surface area (Å²) in [5.41, 5.74) is 0.621. The third-order valence-electron chi connectivity index (χ3n) is 3.33. The van der Waals surface area contributed by atoms with Gasteiger partial charge in [0.15, 0.2) is 0 Å². The minimum Gasteiger partial charge on any atom is -0.492 e. The van der Waals surface area contributed by atoms with E-state index >= 15 is 0 Å². The van der Waals surface area contributed by atoms with Crippen LogP contribution >= 0.6 is 12.4 Å². The van der Waals surface area contributed by atoms with Crippen LogP contribution in [0.3, 0.4) is 0 Å². The molecule has 2 rings (SSSR count). The minimum absolute atomic E-state index is 0. The highest BCUT2D eigenvalue weighted by atomic mass is 35.5. The maximum atomic E-state index is 8.94. The molecule has 0 amide bonds. The fraction of sp³-hybridized carbons (Fsp3) is 0.533. The van der Waals surface area contributed by atoms with E-state index in [0.29, 0.717) is 17.9 Å². The highest BCUT2D eigenvalue weighted by molar-refractivity contribution is 5.85. The topological polar surface area (TPSA) is 36.3 Å². The lowest BCUT2D eigenvalue weighted by Gasteiger charge is -2.26. The maximum absolute atomic E-state index is 8.94. The van der Waals surface area contributed by atoms with Gasteiger partial charge in [0.1, 0.15) is 11.8 Å². The van der Waals surface area contributed by atoms with Crippen LogP contribution in [0.25, 0.3) is 0 Å². The second kappa shape index (κ2) is 8.79. The summed E-state index contributed by atoms with van der Waals surface area (Å²) in [7, 11) is 0. The molecule has 0 unspecified atom stereocenters. The highest BCUT2D eigenvalue weighted by Gasteiger charge is 2.09. The standard InChI is InChI=1S/C15H20N2O.ClH/c16-13-14-7-2-3-8-15(14)18-12-6-11-17-9-4-1-5-10-17;/h2-3,7-8H,1,4-6,9-12H2;1H. The van der Waals surface area contributed by atoms with Crippen LogP contribution in [0, 0.1) is 11.3 Å². The summed E-state index contributed by atoms with van der Waals surface area (Å²) in [5, 5.41) is 8.94. The molecule has 0 aromatic heterocycles. The Balaban J connectivity index is 0.00000180. The molecule has 104 valence electrons. The van der Waals surface area contributed by atoms with Crippen molar-refractivity contribution in [1.82, 2.24) is 4.90 Å². The van der Waals surface area contributed by atoms with Crippen molar-refractivity contribution in [1.29, 1.82) is 5.26 Å². The van der Waals surface area contributed by atoms with Gasteiger partial charge in [-0.25, -0.2) is 0 Å². The SMILES string of the molecule is Cl.N#Cc1ccccc1OCCCN1CCCCC1. The van der Waals surface area contributed by atoms with Crippen molar-refractivity contribution in [2.24, 2.45) is 0 Å². The van der Waals surface area contributed by atoms with Gasteiger partial charge in [0.25, 0.3) is 0 Å². The van der Waals surface area contributed by atoms with Gasteiger partial charge in [-0.05, 0) is 44.5 Å². The van der Waals surface area contributed by atoms with Crippen molar-refractivity contribution in [3.05, 3.63) is 29.8 Å². The zero-order chi connectivity index (χ0) is 12.6. The van der Waals surface area contributed by atoms with Gasteiger partial charge in [0.2, 0.25) is 0 Å². The van der Waals surface area contributed by atoms with Crippen molar-refractivity contribution in [3.63, 3.8) is 0 Å². The number of hydrogen-bond acceptors (Lipinski definition) is 3. The number of ether oxygens (including phenoxy) is 1. The quantitative estimate of drug-likeness (QED) is 0.777. The summed E-state index contributed by atoms with van der Waals surface area (Å²) < 4.78 is 5.67. The number of para-hydroxylation sites is 1. The molecule has 0 atom stereocenters. The molecule has 19 heavy (non-hydrogen) atoms. The van der Waals surface area contributed by atoms with E-state index in [1.54, 1.807) is 6.07 Å². The van der Waals surface area contributed by atoms with Crippen LogP contribution in [0.2, 0.25) is 0 Å². The molecule has 0 radical (unpaired) electrons. The third-order valence-corrected chi connectivity index (χ3v) is 3.33. The van der Waals surface area contributed by atoms with Crippen LogP contribution < -0.4 is 4.74 Å². The van der Waals surface area contributed by atoms with E-state index in [2.05, 4.69) is 11.0 Å². The number of nitrogens with zero attached hydrogens (tertiary/aromatic N) is 2. The monoisotopic (exact) mass is 280 g/mol. The van der Waals surface area contributed by atoms with Gasteiger partial charge in [0, 0.05) is 6.54 Å². The fourth-order valence-corrected chi connectivity index (χ4v) is 2.34. The molecule has 1 aliphatic rings. The number of halogens is 1. The van der Waals surface area contributed by atoms with Gasteiger partial charge in [-0.1, -0.05) is 18.6 Å². The Hall–Kier alpha value is -1.24. The molecule has 0 saturated carbocycles. The lowest BCUT2D eigenvalue weighted by atomic mass is 10.1. The maximum Gasteiger partial charge on any atom is 0.137 e. The van der Waals surface area contributed by atoms with E-state index in [9.17, 15) is 0 Å². The third kappa shape index (κ3) is 5.10. The summed E-state index contributed by atoms with van der Waals surface area (Å²) in [4.78, 5) is 2.50. The Morgan fingerprint density at radius 1 is 1.16 bits per heavy atom. The first kappa shape index (κ1) is 15.8. The zero-order valence-corrected chi connectivity index (χ0v) is 12.0. The summed E-state index contributed by atoms with van der Waals surface area (Å²) in [6.07, 6.45) is 5.07. The Kier molecular flexibility index (Phi) is 7.32. The van der Waals surface area contributed by atoms with E-state index in [-0.39, 0.29) is 12.4 Å². The van der Waals surface area contributed by atoms with E-state index in [1.165, 1.54) is 32.4 Å². The van der Waals surface area contributed by atoms with Crippen LogP contribution in [0.4, 0.5) is 0 Å².